The van der Waals surface area contributed by atoms with Crippen LogP contribution in [0, 0.1) is 0 Å². The predicted octanol–water partition coefficient (Wildman–Crippen LogP) is 3.20. The first-order chi connectivity index (χ1) is 12.4. The molecule has 3 heterocycles. The minimum atomic E-state index is 0.433. The lowest BCUT2D eigenvalue weighted by Crippen LogP contribution is -2.35. The lowest BCUT2D eigenvalue weighted by atomic mass is 10.1. The van der Waals surface area contributed by atoms with E-state index in [2.05, 4.69) is 44.2 Å². The fourth-order valence-electron chi connectivity index (χ4n) is 3.06. The predicted molar refractivity (Wildman–Crippen MR) is 98.5 cm³/mol. The van der Waals surface area contributed by atoms with Crippen LogP contribution in [0.25, 0.3) is 0 Å². The smallest absolute Gasteiger partial charge is 0.148 e. The number of nitrogens with zero attached hydrogens (tertiary/aromatic N) is 6. The quantitative estimate of drug-likeness (QED) is 0.657. The number of hydrogen-bond donors (Lipinski definition) is 0. The van der Waals surface area contributed by atoms with Gasteiger partial charge in [0.05, 0.1) is 18.4 Å². The molecule has 3 aromatic rings. The Balaban J connectivity index is 1.37. The highest BCUT2D eigenvalue weighted by molar-refractivity contribution is 7.98. The second kappa shape index (κ2) is 7.65. The van der Waals surface area contributed by atoms with Crippen molar-refractivity contribution >= 4 is 17.6 Å². The molecule has 128 valence electrons. The van der Waals surface area contributed by atoms with Crippen molar-refractivity contribution in [3.8, 4) is 0 Å². The maximum Gasteiger partial charge on any atom is 0.148 e. The van der Waals surface area contributed by atoms with Crippen molar-refractivity contribution < 1.29 is 0 Å². The van der Waals surface area contributed by atoms with Gasteiger partial charge in [-0.2, -0.15) is 5.10 Å². The SMILES string of the molecule is c1ccc(CSc2cncc(N3CCC(n4cncn4)CC3)n2)cc1. The van der Waals surface area contributed by atoms with Gasteiger partial charge in [-0.05, 0) is 18.4 Å². The Hall–Kier alpha value is -2.41. The zero-order chi connectivity index (χ0) is 16.9. The van der Waals surface area contributed by atoms with Crippen LogP contribution in [0.15, 0.2) is 60.4 Å². The first kappa shape index (κ1) is 16.1. The second-order valence-corrected chi connectivity index (χ2v) is 7.08. The Bertz CT molecular complexity index is 784. The second-order valence-electron chi connectivity index (χ2n) is 6.08. The van der Waals surface area contributed by atoms with Crippen LogP contribution in [-0.4, -0.2) is 37.8 Å². The van der Waals surface area contributed by atoms with Gasteiger partial charge in [-0.3, -0.25) is 4.98 Å². The molecule has 0 N–H and O–H groups in total. The first-order valence-electron chi connectivity index (χ1n) is 8.46. The molecule has 0 aliphatic carbocycles. The third-order valence-electron chi connectivity index (χ3n) is 4.43. The van der Waals surface area contributed by atoms with Gasteiger partial charge in [0.15, 0.2) is 0 Å². The summed E-state index contributed by atoms with van der Waals surface area (Å²) >= 11 is 1.73. The maximum atomic E-state index is 4.79. The normalized spacial score (nSPS) is 15.4. The summed E-state index contributed by atoms with van der Waals surface area (Å²) in [7, 11) is 0. The fourth-order valence-corrected chi connectivity index (χ4v) is 3.86. The van der Waals surface area contributed by atoms with Crippen LogP contribution < -0.4 is 4.90 Å². The Morgan fingerprint density at radius 3 is 2.64 bits per heavy atom. The lowest BCUT2D eigenvalue weighted by Gasteiger charge is -2.32. The molecule has 6 nitrogen and oxygen atoms in total. The topological polar surface area (TPSA) is 59.7 Å². The van der Waals surface area contributed by atoms with E-state index in [-0.39, 0.29) is 0 Å². The van der Waals surface area contributed by atoms with E-state index in [4.69, 9.17) is 4.98 Å². The summed E-state index contributed by atoms with van der Waals surface area (Å²) in [5, 5.41) is 5.23. The third kappa shape index (κ3) is 3.99. The highest BCUT2D eigenvalue weighted by Gasteiger charge is 2.22. The van der Waals surface area contributed by atoms with Gasteiger partial charge < -0.3 is 4.90 Å². The van der Waals surface area contributed by atoms with Gasteiger partial charge >= 0.3 is 0 Å². The molecule has 0 spiro atoms. The van der Waals surface area contributed by atoms with Gasteiger partial charge in [0.1, 0.15) is 23.5 Å². The molecule has 4 rings (SSSR count). The van der Waals surface area contributed by atoms with Crippen molar-refractivity contribution in [2.75, 3.05) is 18.0 Å². The monoisotopic (exact) mass is 352 g/mol. The van der Waals surface area contributed by atoms with Crippen molar-refractivity contribution in [3.63, 3.8) is 0 Å². The number of anilines is 1. The van der Waals surface area contributed by atoms with Crippen LogP contribution in [0.4, 0.5) is 5.82 Å². The Kier molecular flexibility index (Phi) is 4.92. The summed E-state index contributed by atoms with van der Waals surface area (Å²) in [4.78, 5) is 15.5. The zero-order valence-electron chi connectivity index (χ0n) is 13.9. The summed E-state index contributed by atoms with van der Waals surface area (Å²) in [6.07, 6.45) is 9.22. The van der Waals surface area contributed by atoms with Crippen LogP contribution in [0.5, 0.6) is 0 Å². The van der Waals surface area contributed by atoms with Crippen LogP contribution in [0.1, 0.15) is 24.4 Å². The Morgan fingerprint density at radius 1 is 1.04 bits per heavy atom. The highest BCUT2D eigenvalue weighted by atomic mass is 32.2. The van der Waals surface area contributed by atoms with Crippen molar-refractivity contribution in [3.05, 3.63) is 60.9 Å². The van der Waals surface area contributed by atoms with Gasteiger partial charge in [0.2, 0.25) is 0 Å². The molecule has 0 radical (unpaired) electrons. The van der Waals surface area contributed by atoms with Crippen molar-refractivity contribution in [1.29, 1.82) is 0 Å². The van der Waals surface area contributed by atoms with Crippen molar-refractivity contribution in [1.82, 2.24) is 24.7 Å². The molecule has 1 fully saturated rings. The highest BCUT2D eigenvalue weighted by Crippen LogP contribution is 2.26. The molecule has 0 bridgehead atoms. The van der Waals surface area contributed by atoms with Crippen molar-refractivity contribution in [2.24, 2.45) is 0 Å². The van der Waals surface area contributed by atoms with E-state index >= 15 is 0 Å². The molecule has 1 aliphatic heterocycles. The van der Waals surface area contributed by atoms with E-state index in [0.29, 0.717) is 6.04 Å². The van der Waals surface area contributed by atoms with E-state index in [1.54, 1.807) is 24.4 Å². The average Bonchev–Trinajstić information content (AvgIpc) is 3.22. The summed E-state index contributed by atoms with van der Waals surface area (Å²) in [6.45, 7) is 1.93. The summed E-state index contributed by atoms with van der Waals surface area (Å²) in [6, 6.07) is 10.9. The Labute approximate surface area is 151 Å². The van der Waals surface area contributed by atoms with E-state index in [1.165, 1.54) is 5.56 Å². The average molecular weight is 352 g/mol. The molecule has 0 saturated carbocycles. The van der Waals surface area contributed by atoms with E-state index in [0.717, 1.165) is 42.5 Å². The molecule has 2 aromatic heterocycles. The van der Waals surface area contributed by atoms with Gasteiger partial charge in [-0.1, -0.05) is 30.3 Å². The molecule has 0 unspecified atom stereocenters. The van der Waals surface area contributed by atoms with Gasteiger partial charge in [-0.25, -0.2) is 14.6 Å². The van der Waals surface area contributed by atoms with Crippen LogP contribution >= 0.6 is 11.8 Å². The molecule has 1 saturated heterocycles. The molecule has 25 heavy (non-hydrogen) atoms. The largest absolute Gasteiger partial charge is 0.355 e. The van der Waals surface area contributed by atoms with E-state index in [9.17, 15) is 0 Å². The van der Waals surface area contributed by atoms with E-state index in [1.807, 2.05) is 23.1 Å². The zero-order valence-corrected chi connectivity index (χ0v) is 14.7. The minimum absolute atomic E-state index is 0.433. The fraction of sp³-hybridized carbons (Fsp3) is 0.333. The van der Waals surface area contributed by atoms with E-state index < -0.39 is 0 Å². The molecular formula is C18H20N6S. The molecular weight excluding hydrogens is 332 g/mol. The summed E-state index contributed by atoms with van der Waals surface area (Å²) in [5.74, 6) is 1.88. The van der Waals surface area contributed by atoms with Gasteiger partial charge in [0.25, 0.3) is 0 Å². The number of benzene rings is 1. The minimum Gasteiger partial charge on any atom is -0.355 e. The molecule has 7 heteroatoms. The molecule has 0 atom stereocenters. The first-order valence-corrected chi connectivity index (χ1v) is 9.45. The van der Waals surface area contributed by atoms with Gasteiger partial charge in [0, 0.05) is 18.8 Å². The number of rotatable bonds is 5. The van der Waals surface area contributed by atoms with Gasteiger partial charge in [-0.15, -0.1) is 11.8 Å². The van der Waals surface area contributed by atoms with Crippen LogP contribution in [0.3, 0.4) is 0 Å². The standard InChI is InChI=1S/C18H20N6S/c1-2-4-15(5-3-1)12-25-18-11-19-10-17(22-18)23-8-6-16(7-9-23)24-14-20-13-21-24/h1-5,10-11,13-14,16H,6-9,12H2. The molecule has 0 amide bonds. The lowest BCUT2D eigenvalue weighted by molar-refractivity contribution is 0.365. The molecule has 1 aromatic carbocycles. The number of thioether (sulfide) groups is 1. The molecule has 1 aliphatic rings. The van der Waals surface area contributed by atoms with Crippen LogP contribution in [0.2, 0.25) is 0 Å². The third-order valence-corrected chi connectivity index (χ3v) is 5.40. The maximum absolute atomic E-state index is 4.79. The summed E-state index contributed by atoms with van der Waals surface area (Å²) < 4.78 is 1.97. The summed E-state index contributed by atoms with van der Waals surface area (Å²) in [5.41, 5.74) is 1.30. The van der Waals surface area contributed by atoms with Crippen molar-refractivity contribution in [2.45, 2.75) is 29.7 Å². The Morgan fingerprint density at radius 2 is 1.88 bits per heavy atom. The van der Waals surface area contributed by atoms with Crippen LogP contribution in [-0.2, 0) is 5.75 Å². The number of aromatic nitrogens is 5. The number of hydrogen-bond acceptors (Lipinski definition) is 6. The number of piperidine rings is 1.